The summed E-state index contributed by atoms with van der Waals surface area (Å²) < 4.78 is 0. The molecule has 166 valence electrons. The van der Waals surface area contributed by atoms with Crippen molar-refractivity contribution >= 4 is 23.6 Å². The predicted molar refractivity (Wildman–Crippen MR) is 118 cm³/mol. The standard InChI is InChI=1S/C26H23N3O4/c30-23(15-9-5-2-6-10-15)27-22(14-7-3-1-4-8-14)24(31)28-29-25(32)20-16-11-12-17(19-13-18(16)19)21(20)26(29)33/h1-12,16-22H,13H2,(H,27,30)(H,28,31)/t16?,17?,18?,19?,20?,21?,22-/m0/s1. The molecule has 2 bridgehead atoms. The molecule has 6 unspecified atom stereocenters. The summed E-state index contributed by atoms with van der Waals surface area (Å²) in [4.78, 5) is 52.5. The fourth-order valence-corrected chi connectivity index (χ4v) is 5.99. The second-order valence-corrected chi connectivity index (χ2v) is 9.33. The summed E-state index contributed by atoms with van der Waals surface area (Å²) in [5.74, 6) is -1.42. The molecule has 7 heteroatoms. The van der Waals surface area contributed by atoms with Crippen LogP contribution in [0.5, 0.6) is 0 Å². The van der Waals surface area contributed by atoms with Crippen LogP contribution in [0.2, 0.25) is 0 Å². The average Bonchev–Trinajstić information content (AvgIpc) is 3.64. The van der Waals surface area contributed by atoms with Gasteiger partial charge in [0, 0.05) is 5.56 Å². The SMILES string of the molecule is O=C(N[C@H](C(=O)NN1C(=O)C2C3C=CC(C4CC34)C2C1=O)c1ccccc1)c1ccccc1. The largest absolute Gasteiger partial charge is 0.336 e. The third-order valence-corrected chi connectivity index (χ3v) is 7.59. The molecule has 1 aliphatic heterocycles. The van der Waals surface area contributed by atoms with Gasteiger partial charge in [0.15, 0.2) is 0 Å². The number of carbonyl (C=O) groups is 4. The van der Waals surface area contributed by atoms with Gasteiger partial charge in [0.2, 0.25) is 0 Å². The highest BCUT2D eigenvalue weighted by Crippen LogP contribution is 2.65. The van der Waals surface area contributed by atoms with Crippen LogP contribution in [0.3, 0.4) is 0 Å². The van der Waals surface area contributed by atoms with Gasteiger partial charge in [0.25, 0.3) is 23.6 Å². The van der Waals surface area contributed by atoms with E-state index in [9.17, 15) is 19.2 Å². The van der Waals surface area contributed by atoms with E-state index in [0.29, 0.717) is 23.0 Å². The Hall–Kier alpha value is -3.74. The van der Waals surface area contributed by atoms with Crippen molar-refractivity contribution in [3.63, 3.8) is 0 Å². The zero-order valence-electron chi connectivity index (χ0n) is 17.8. The van der Waals surface area contributed by atoms with Crippen LogP contribution in [-0.4, -0.2) is 28.6 Å². The van der Waals surface area contributed by atoms with Gasteiger partial charge in [-0.2, -0.15) is 5.01 Å². The van der Waals surface area contributed by atoms with Gasteiger partial charge in [0.05, 0.1) is 11.8 Å². The Morgan fingerprint density at radius 3 is 1.94 bits per heavy atom. The molecule has 0 radical (unpaired) electrons. The van der Waals surface area contributed by atoms with Crippen molar-refractivity contribution in [1.82, 2.24) is 15.8 Å². The zero-order valence-corrected chi connectivity index (χ0v) is 17.8. The van der Waals surface area contributed by atoms with Gasteiger partial charge in [-0.25, -0.2) is 0 Å². The number of hydrazine groups is 1. The lowest BCUT2D eigenvalue weighted by Gasteiger charge is -2.37. The number of carbonyl (C=O) groups excluding carboxylic acids is 4. The van der Waals surface area contributed by atoms with Gasteiger partial charge < -0.3 is 5.32 Å². The maximum atomic E-state index is 13.3. The van der Waals surface area contributed by atoms with Gasteiger partial charge in [-0.05, 0) is 47.8 Å². The molecule has 7 nitrogen and oxygen atoms in total. The summed E-state index contributed by atoms with van der Waals surface area (Å²) >= 11 is 0. The summed E-state index contributed by atoms with van der Waals surface area (Å²) in [5, 5.41) is 3.65. The zero-order chi connectivity index (χ0) is 22.7. The molecule has 2 aromatic rings. The highest BCUT2D eigenvalue weighted by molar-refractivity contribution is 6.08. The Labute approximate surface area is 190 Å². The van der Waals surface area contributed by atoms with Gasteiger partial charge in [-0.15, -0.1) is 0 Å². The number of benzene rings is 2. The molecule has 3 fully saturated rings. The fourth-order valence-electron chi connectivity index (χ4n) is 5.99. The van der Waals surface area contributed by atoms with E-state index < -0.39 is 29.7 Å². The number of allylic oxidation sites excluding steroid dienone is 2. The Kier molecular flexibility index (Phi) is 4.47. The van der Waals surface area contributed by atoms with Crippen LogP contribution in [-0.2, 0) is 14.4 Å². The quantitative estimate of drug-likeness (QED) is 0.550. The normalized spacial score (nSPS) is 31.6. The average molecular weight is 441 g/mol. The van der Waals surface area contributed by atoms with Crippen LogP contribution < -0.4 is 10.7 Å². The highest BCUT2D eigenvalue weighted by atomic mass is 16.2. The Bertz CT molecular complexity index is 1140. The molecule has 2 aromatic carbocycles. The third kappa shape index (κ3) is 3.10. The number of hydrogen-bond donors (Lipinski definition) is 2. The van der Waals surface area contributed by atoms with Crippen molar-refractivity contribution in [2.75, 3.05) is 0 Å². The van der Waals surface area contributed by atoms with Crippen molar-refractivity contribution in [2.24, 2.45) is 35.5 Å². The topological polar surface area (TPSA) is 95.6 Å². The molecule has 7 atom stereocenters. The molecule has 0 spiro atoms. The molecule has 4 amide bonds. The number of nitrogens with one attached hydrogen (secondary N) is 2. The van der Waals surface area contributed by atoms with E-state index in [1.54, 1.807) is 54.6 Å². The minimum absolute atomic E-state index is 0.0751. The first kappa shape index (κ1) is 19.9. The van der Waals surface area contributed by atoms with Crippen LogP contribution in [0.1, 0.15) is 28.4 Å². The van der Waals surface area contributed by atoms with E-state index in [1.807, 2.05) is 6.07 Å². The fraction of sp³-hybridized carbons (Fsp3) is 0.308. The van der Waals surface area contributed by atoms with Crippen molar-refractivity contribution < 1.29 is 19.2 Å². The molecule has 7 rings (SSSR count). The van der Waals surface area contributed by atoms with E-state index in [4.69, 9.17) is 0 Å². The summed E-state index contributed by atoms with van der Waals surface area (Å²) in [5.41, 5.74) is 3.51. The summed E-state index contributed by atoms with van der Waals surface area (Å²) in [6, 6.07) is 16.3. The number of imide groups is 1. The van der Waals surface area contributed by atoms with Crippen LogP contribution in [0.4, 0.5) is 0 Å². The first-order chi connectivity index (χ1) is 16.0. The minimum Gasteiger partial charge on any atom is -0.336 e. The van der Waals surface area contributed by atoms with Crippen LogP contribution in [0, 0.1) is 35.5 Å². The maximum Gasteiger partial charge on any atom is 0.266 e. The molecule has 2 N–H and O–H groups in total. The van der Waals surface area contributed by atoms with Crippen molar-refractivity contribution in [3.05, 3.63) is 83.9 Å². The first-order valence-corrected chi connectivity index (χ1v) is 11.3. The lowest BCUT2D eigenvalue weighted by Crippen LogP contribution is -2.51. The van der Waals surface area contributed by atoms with E-state index in [2.05, 4.69) is 22.9 Å². The monoisotopic (exact) mass is 441 g/mol. The number of amides is 4. The third-order valence-electron chi connectivity index (χ3n) is 7.59. The van der Waals surface area contributed by atoms with Crippen LogP contribution in [0.15, 0.2) is 72.8 Å². The molecule has 33 heavy (non-hydrogen) atoms. The Balaban J connectivity index is 1.24. The Morgan fingerprint density at radius 1 is 0.818 bits per heavy atom. The molecule has 0 aromatic heterocycles. The summed E-state index contributed by atoms with van der Waals surface area (Å²) in [6.45, 7) is 0. The van der Waals surface area contributed by atoms with Crippen LogP contribution in [0.25, 0.3) is 0 Å². The molecule has 4 aliphatic carbocycles. The second kappa shape index (κ2) is 7.40. The van der Waals surface area contributed by atoms with Crippen LogP contribution >= 0.6 is 0 Å². The highest BCUT2D eigenvalue weighted by Gasteiger charge is 2.67. The molecule has 1 heterocycles. The van der Waals surface area contributed by atoms with Gasteiger partial charge >= 0.3 is 0 Å². The van der Waals surface area contributed by atoms with Gasteiger partial charge in [-0.3, -0.25) is 24.6 Å². The van der Waals surface area contributed by atoms with Gasteiger partial charge in [0.1, 0.15) is 6.04 Å². The number of hydrogen-bond acceptors (Lipinski definition) is 4. The predicted octanol–water partition coefficient (Wildman–Crippen LogP) is 2.24. The van der Waals surface area contributed by atoms with Crippen molar-refractivity contribution in [3.8, 4) is 0 Å². The molecule has 5 aliphatic rings. The first-order valence-electron chi connectivity index (χ1n) is 11.3. The lowest BCUT2D eigenvalue weighted by atomic mass is 9.63. The molecule has 2 saturated carbocycles. The second-order valence-electron chi connectivity index (χ2n) is 9.33. The molecular weight excluding hydrogens is 418 g/mol. The molecule has 1 saturated heterocycles. The van der Waals surface area contributed by atoms with Crippen molar-refractivity contribution in [1.29, 1.82) is 0 Å². The van der Waals surface area contributed by atoms with E-state index in [1.165, 1.54) is 0 Å². The van der Waals surface area contributed by atoms with E-state index in [-0.39, 0.29) is 23.7 Å². The lowest BCUT2D eigenvalue weighted by molar-refractivity contribution is -0.149. The summed E-state index contributed by atoms with van der Waals surface area (Å²) in [6.07, 6.45) is 5.25. The van der Waals surface area contributed by atoms with Crippen molar-refractivity contribution in [2.45, 2.75) is 12.5 Å². The minimum atomic E-state index is -1.06. The molecular formula is C26H23N3O4. The maximum absolute atomic E-state index is 13.3. The van der Waals surface area contributed by atoms with E-state index >= 15 is 0 Å². The van der Waals surface area contributed by atoms with E-state index in [0.717, 1.165) is 11.4 Å². The van der Waals surface area contributed by atoms with Gasteiger partial charge in [-0.1, -0.05) is 60.7 Å². The number of rotatable bonds is 5. The Morgan fingerprint density at radius 2 is 1.36 bits per heavy atom. The number of nitrogens with zero attached hydrogens (tertiary/aromatic N) is 1. The smallest absolute Gasteiger partial charge is 0.266 e. The summed E-state index contributed by atoms with van der Waals surface area (Å²) in [7, 11) is 0.